The van der Waals surface area contributed by atoms with Crippen LogP contribution < -0.4 is 5.32 Å². The number of hydrogen-bond donors (Lipinski definition) is 1. The van der Waals surface area contributed by atoms with Crippen molar-refractivity contribution < 1.29 is 0 Å². The van der Waals surface area contributed by atoms with Crippen LogP contribution in [0.15, 0.2) is 4.47 Å². The topological polar surface area (TPSA) is 29.9 Å². The van der Waals surface area contributed by atoms with Crippen LogP contribution in [0.2, 0.25) is 0 Å². The first-order valence-electron chi connectivity index (χ1n) is 6.48. The molecular formula is C13H22BrN3. The zero-order valence-corrected chi connectivity index (χ0v) is 12.6. The molecule has 1 aromatic heterocycles. The Labute approximate surface area is 112 Å². The van der Waals surface area contributed by atoms with Gasteiger partial charge in [-0.2, -0.15) is 5.10 Å². The molecule has 0 aliphatic heterocycles. The Morgan fingerprint density at radius 2 is 2.18 bits per heavy atom. The number of nitrogens with one attached hydrogen (secondary N) is 1. The molecule has 1 heterocycles. The van der Waals surface area contributed by atoms with E-state index >= 15 is 0 Å². The molecule has 1 aliphatic carbocycles. The monoisotopic (exact) mass is 299 g/mol. The van der Waals surface area contributed by atoms with Crippen molar-refractivity contribution in [3.05, 3.63) is 15.9 Å². The normalized spacial score (nSPS) is 18.1. The molecular weight excluding hydrogens is 278 g/mol. The molecule has 4 heteroatoms. The molecule has 1 N–H and O–H groups in total. The number of nitrogens with zero attached hydrogens (tertiary/aromatic N) is 2. The average Bonchev–Trinajstić information content (AvgIpc) is 2.53. The Balaban J connectivity index is 2.22. The maximum absolute atomic E-state index is 4.58. The minimum Gasteiger partial charge on any atom is -0.319 e. The van der Waals surface area contributed by atoms with E-state index < -0.39 is 0 Å². The second-order valence-corrected chi connectivity index (χ2v) is 6.02. The molecule has 0 radical (unpaired) electrons. The van der Waals surface area contributed by atoms with Crippen molar-refractivity contribution in [3.63, 3.8) is 0 Å². The summed E-state index contributed by atoms with van der Waals surface area (Å²) in [5, 5.41) is 7.93. The Morgan fingerprint density at radius 1 is 1.47 bits per heavy atom. The lowest BCUT2D eigenvalue weighted by Crippen LogP contribution is -2.41. The van der Waals surface area contributed by atoms with Crippen molar-refractivity contribution in [3.8, 4) is 0 Å². The molecule has 0 spiro atoms. The highest BCUT2D eigenvalue weighted by Crippen LogP contribution is 2.44. The lowest BCUT2D eigenvalue weighted by atomic mass is 9.66. The van der Waals surface area contributed by atoms with E-state index in [-0.39, 0.29) is 0 Å². The summed E-state index contributed by atoms with van der Waals surface area (Å²) >= 11 is 3.70. The second kappa shape index (κ2) is 5.11. The summed E-state index contributed by atoms with van der Waals surface area (Å²) < 4.78 is 3.36. The highest BCUT2D eigenvalue weighted by Gasteiger charge is 2.37. The SMILES string of the molecule is CCn1nc(C)c(Br)c1CC1(CNC)CCC1. The summed E-state index contributed by atoms with van der Waals surface area (Å²) in [6, 6.07) is 0. The summed E-state index contributed by atoms with van der Waals surface area (Å²) in [6.07, 6.45) is 5.20. The van der Waals surface area contributed by atoms with Gasteiger partial charge in [-0.15, -0.1) is 0 Å². The molecule has 0 atom stereocenters. The standard InChI is InChI=1S/C13H22BrN3/c1-4-17-11(12(14)10(2)16-17)8-13(9-15-3)6-5-7-13/h15H,4-9H2,1-3H3. The van der Waals surface area contributed by atoms with Crippen LogP contribution in [0.25, 0.3) is 0 Å². The predicted molar refractivity (Wildman–Crippen MR) is 74.3 cm³/mol. The molecule has 1 aromatic rings. The van der Waals surface area contributed by atoms with E-state index in [1.807, 2.05) is 0 Å². The van der Waals surface area contributed by atoms with Gasteiger partial charge in [0, 0.05) is 13.1 Å². The molecule has 0 unspecified atom stereocenters. The minimum absolute atomic E-state index is 0.469. The van der Waals surface area contributed by atoms with Gasteiger partial charge < -0.3 is 5.32 Å². The molecule has 0 aromatic carbocycles. The molecule has 0 saturated heterocycles. The first-order valence-corrected chi connectivity index (χ1v) is 7.27. The fourth-order valence-corrected chi connectivity index (χ4v) is 3.29. The average molecular weight is 300 g/mol. The van der Waals surface area contributed by atoms with Gasteiger partial charge >= 0.3 is 0 Å². The van der Waals surface area contributed by atoms with Gasteiger partial charge in [-0.25, -0.2) is 0 Å². The molecule has 3 nitrogen and oxygen atoms in total. The first-order chi connectivity index (χ1) is 8.12. The van der Waals surface area contributed by atoms with Crippen molar-refractivity contribution >= 4 is 15.9 Å². The fraction of sp³-hybridized carbons (Fsp3) is 0.769. The van der Waals surface area contributed by atoms with E-state index in [9.17, 15) is 0 Å². The number of halogens is 1. The largest absolute Gasteiger partial charge is 0.319 e. The zero-order chi connectivity index (χ0) is 12.5. The van der Waals surface area contributed by atoms with Gasteiger partial charge in [-0.1, -0.05) is 6.42 Å². The highest BCUT2D eigenvalue weighted by atomic mass is 79.9. The van der Waals surface area contributed by atoms with Crippen LogP contribution in [0.5, 0.6) is 0 Å². The molecule has 2 rings (SSSR count). The van der Waals surface area contributed by atoms with Crippen LogP contribution in [0.3, 0.4) is 0 Å². The number of aromatic nitrogens is 2. The quantitative estimate of drug-likeness (QED) is 0.906. The molecule has 0 amide bonds. The molecule has 0 bridgehead atoms. The van der Waals surface area contributed by atoms with E-state index in [1.54, 1.807) is 0 Å². The molecule has 1 aliphatic rings. The molecule has 1 fully saturated rings. The van der Waals surface area contributed by atoms with Crippen molar-refractivity contribution in [1.29, 1.82) is 0 Å². The van der Waals surface area contributed by atoms with Gasteiger partial charge in [0.25, 0.3) is 0 Å². The molecule has 17 heavy (non-hydrogen) atoms. The van der Waals surface area contributed by atoms with Crippen molar-refractivity contribution in [2.24, 2.45) is 5.41 Å². The highest BCUT2D eigenvalue weighted by molar-refractivity contribution is 9.10. The van der Waals surface area contributed by atoms with Gasteiger partial charge in [-0.3, -0.25) is 4.68 Å². The van der Waals surface area contributed by atoms with E-state index in [4.69, 9.17) is 0 Å². The van der Waals surface area contributed by atoms with Crippen LogP contribution in [0, 0.1) is 12.3 Å². The first kappa shape index (κ1) is 13.1. The summed E-state index contributed by atoms with van der Waals surface area (Å²) in [7, 11) is 2.05. The Bertz CT molecular complexity index is 394. The lowest BCUT2D eigenvalue weighted by molar-refractivity contribution is 0.130. The van der Waals surface area contributed by atoms with E-state index in [0.29, 0.717) is 5.41 Å². The number of rotatable bonds is 5. The van der Waals surface area contributed by atoms with Crippen LogP contribution in [0.4, 0.5) is 0 Å². The van der Waals surface area contributed by atoms with Crippen LogP contribution in [-0.2, 0) is 13.0 Å². The van der Waals surface area contributed by atoms with E-state index in [0.717, 1.165) is 25.2 Å². The summed E-state index contributed by atoms with van der Waals surface area (Å²) in [5.41, 5.74) is 2.96. The third-order valence-corrected chi connectivity index (χ3v) is 4.99. The van der Waals surface area contributed by atoms with Crippen molar-refractivity contribution in [1.82, 2.24) is 15.1 Å². The van der Waals surface area contributed by atoms with E-state index in [2.05, 4.69) is 51.9 Å². The second-order valence-electron chi connectivity index (χ2n) is 5.22. The number of hydrogen-bond acceptors (Lipinski definition) is 2. The lowest BCUT2D eigenvalue weighted by Gasteiger charge is -2.42. The Morgan fingerprint density at radius 3 is 2.65 bits per heavy atom. The van der Waals surface area contributed by atoms with E-state index in [1.165, 1.54) is 29.4 Å². The van der Waals surface area contributed by atoms with Gasteiger partial charge in [-0.05, 0) is 61.5 Å². The zero-order valence-electron chi connectivity index (χ0n) is 11.0. The summed E-state index contributed by atoms with van der Waals surface area (Å²) in [6.45, 7) is 6.31. The van der Waals surface area contributed by atoms with Gasteiger partial charge in [0.2, 0.25) is 0 Å². The summed E-state index contributed by atoms with van der Waals surface area (Å²) in [4.78, 5) is 0. The molecule has 96 valence electrons. The number of aryl methyl sites for hydroxylation is 2. The molecule has 1 saturated carbocycles. The maximum atomic E-state index is 4.58. The fourth-order valence-electron chi connectivity index (χ4n) is 2.86. The Hall–Kier alpha value is -0.350. The van der Waals surface area contributed by atoms with Gasteiger partial charge in [0.15, 0.2) is 0 Å². The smallest absolute Gasteiger partial charge is 0.0738 e. The van der Waals surface area contributed by atoms with Gasteiger partial charge in [0.05, 0.1) is 15.9 Å². The maximum Gasteiger partial charge on any atom is 0.0738 e. The third kappa shape index (κ3) is 2.43. The van der Waals surface area contributed by atoms with Crippen molar-refractivity contribution in [2.75, 3.05) is 13.6 Å². The van der Waals surface area contributed by atoms with Gasteiger partial charge in [0.1, 0.15) is 0 Å². The predicted octanol–water partition coefficient (Wildman–Crippen LogP) is 2.91. The van der Waals surface area contributed by atoms with Crippen LogP contribution in [0.1, 0.15) is 37.6 Å². The summed E-state index contributed by atoms with van der Waals surface area (Å²) in [5.74, 6) is 0. The Kier molecular flexibility index (Phi) is 3.93. The third-order valence-electron chi connectivity index (χ3n) is 3.96. The van der Waals surface area contributed by atoms with Crippen LogP contribution in [-0.4, -0.2) is 23.4 Å². The van der Waals surface area contributed by atoms with Crippen LogP contribution >= 0.6 is 15.9 Å². The minimum atomic E-state index is 0.469. The van der Waals surface area contributed by atoms with Crippen molar-refractivity contribution in [2.45, 2.75) is 46.1 Å².